The smallest absolute Gasteiger partial charge is 0.325 e. The molecule has 2 heterocycles. The Morgan fingerprint density at radius 2 is 1.86 bits per heavy atom. The van der Waals surface area contributed by atoms with E-state index in [2.05, 4.69) is 14.9 Å². The van der Waals surface area contributed by atoms with Crippen LogP contribution in [0.4, 0.5) is 5.13 Å². The van der Waals surface area contributed by atoms with Crippen LogP contribution >= 0.6 is 11.3 Å². The van der Waals surface area contributed by atoms with Crippen molar-refractivity contribution in [1.82, 2.24) is 19.2 Å². The SMILES string of the molecule is Cc1nnc(N2CCN(S(=O)(=O)N[C@@]3(C(=O)O)[C@H](C)[C@@H]3c3ccccc3)CC2)s1. The molecular formula is C18H23N5O4S2. The number of anilines is 1. The number of carboxylic acids is 1. The molecule has 0 amide bonds. The fourth-order valence-electron chi connectivity index (χ4n) is 4.11. The lowest BCUT2D eigenvalue weighted by Crippen LogP contribution is -2.56. The minimum atomic E-state index is -3.95. The van der Waals surface area contributed by atoms with E-state index in [9.17, 15) is 18.3 Å². The number of aryl methyl sites for hydroxylation is 1. The molecule has 3 atom stereocenters. The number of carboxylic acid groups (broad SMARTS) is 1. The first-order valence-corrected chi connectivity index (χ1v) is 11.6. The second-order valence-electron chi connectivity index (χ2n) is 7.45. The molecule has 0 radical (unpaired) electrons. The monoisotopic (exact) mass is 437 g/mol. The molecule has 2 aromatic rings. The molecule has 2 N–H and O–H groups in total. The van der Waals surface area contributed by atoms with E-state index in [0.29, 0.717) is 13.1 Å². The van der Waals surface area contributed by atoms with Crippen molar-refractivity contribution >= 4 is 32.6 Å². The molecule has 1 aliphatic heterocycles. The predicted molar refractivity (Wildman–Crippen MR) is 109 cm³/mol. The van der Waals surface area contributed by atoms with Gasteiger partial charge in [0, 0.05) is 32.1 Å². The van der Waals surface area contributed by atoms with E-state index >= 15 is 0 Å². The van der Waals surface area contributed by atoms with E-state index in [1.807, 2.05) is 42.2 Å². The van der Waals surface area contributed by atoms with Gasteiger partial charge in [0.05, 0.1) is 0 Å². The molecule has 1 saturated carbocycles. The zero-order chi connectivity index (χ0) is 20.8. The average Bonchev–Trinajstić information content (AvgIpc) is 3.05. The lowest BCUT2D eigenvalue weighted by molar-refractivity contribution is -0.140. The third-order valence-corrected chi connectivity index (χ3v) is 8.31. The maximum atomic E-state index is 13.0. The number of rotatable bonds is 6. The fraction of sp³-hybridized carbons (Fsp3) is 0.500. The summed E-state index contributed by atoms with van der Waals surface area (Å²) in [5.74, 6) is -1.89. The van der Waals surface area contributed by atoms with Gasteiger partial charge in [0.2, 0.25) is 5.13 Å². The number of piperazine rings is 1. The van der Waals surface area contributed by atoms with Crippen LogP contribution in [0.1, 0.15) is 23.4 Å². The third kappa shape index (κ3) is 3.52. The highest BCUT2D eigenvalue weighted by Gasteiger charge is 2.70. The van der Waals surface area contributed by atoms with Gasteiger partial charge in [-0.3, -0.25) is 4.79 Å². The van der Waals surface area contributed by atoms with E-state index in [1.54, 1.807) is 6.92 Å². The number of aromatic nitrogens is 2. The number of nitrogens with zero attached hydrogens (tertiary/aromatic N) is 4. The minimum absolute atomic E-state index is 0.258. The Labute approximate surface area is 173 Å². The summed E-state index contributed by atoms with van der Waals surface area (Å²) < 4.78 is 29.9. The third-order valence-electron chi connectivity index (χ3n) is 5.77. The number of nitrogens with one attached hydrogen (secondary N) is 1. The molecule has 4 rings (SSSR count). The van der Waals surface area contributed by atoms with Gasteiger partial charge in [-0.05, 0) is 18.4 Å². The van der Waals surface area contributed by atoms with Crippen molar-refractivity contribution in [3.05, 3.63) is 40.9 Å². The van der Waals surface area contributed by atoms with Crippen LogP contribution in [0.3, 0.4) is 0 Å². The molecule has 2 aliphatic rings. The highest BCUT2D eigenvalue weighted by atomic mass is 32.2. The molecule has 2 fully saturated rings. The van der Waals surface area contributed by atoms with Crippen molar-refractivity contribution in [3.63, 3.8) is 0 Å². The fourth-order valence-corrected chi connectivity index (χ4v) is 6.45. The maximum Gasteiger partial charge on any atom is 0.325 e. The lowest BCUT2D eigenvalue weighted by Gasteiger charge is -2.34. The van der Waals surface area contributed by atoms with Gasteiger partial charge in [0.25, 0.3) is 10.2 Å². The van der Waals surface area contributed by atoms with Crippen LogP contribution in [0.5, 0.6) is 0 Å². The molecule has 1 aromatic heterocycles. The van der Waals surface area contributed by atoms with Gasteiger partial charge in [-0.1, -0.05) is 48.6 Å². The van der Waals surface area contributed by atoms with Gasteiger partial charge in [-0.2, -0.15) is 17.4 Å². The summed E-state index contributed by atoms with van der Waals surface area (Å²) in [6.07, 6.45) is 0. The summed E-state index contributed by atoms with van der Waals surface area (Å²) in [6.45, 7) is 5.11. The van der Waals surface area contributed by atoms with Gasteiger partial charge in [-0.15, -0.1) is 10.2 Å². The van der Waals surface area contributed by atoms with E-state index < -0.39 is 27.6 Å². The lowest BCUT2D eigenvalue weighted by atomic mass is 10.1. The molecule has 9 nitrogen and oxygen atoms in total. The first-order chi connectivity index (χ1) is 13.8. The van der Waals surface area contributed by atoms with Crippen LogP contribution in [-0.2, 0) is 15.0 Å². The Bertz CT molecular complexity index is 1000. The highest BCUT2D eigenvalue weighted by Crippen LogP contribution is 2.57. The first kappa shape index (κ1) is 20.2. The van der Waals surface area contributed by atoms with Crippen LogP contribution in [0, 0.1) is 12.8 Å². The normalized spacial score (nSPS) is 27.7. The number of aliphatic carboxylic acids is 1. The Kier molecular flexibility index (Phi) is 5.09. The van der Waals surface area contributed by atoms with E-state index in [1.165, 1.54) is 15.6 Å². The van der Waals surface area contributed by atoms with Crippen molar-refractivity contribution in [3.8, 4) is 0 Å². The van der Waals surface area contributed by atoms with Crippen LogP contribution in [-0.4, -0.2) is 65.7 Å². The topological polar surface area (TPSA) is 116 Å². The Morgan fingerprint density at radius 1 is 1.21 bits per heavy atom. The van der Waals surface area contributed by atoms with Gasteiger partial charge >= 0.3 is 5.97 Å². The number of carbonyl (C=O) groups is 1. The zero-order valence-corrected chi connectivity index (χ0v) is 17.8. The molecular weight excluding hydrogens is 414 g/mol. The first-order valence-electron chi connectivity index (χ1n) is 9.38. The number of hydrogen-bond donors (Lipinski definition) is 2. The molecule has 1 aliphatic carbocycles. The summed E-state index contributed by atoms with van der Waals surface area (Å²) in [7, 11) is -3.95. The largest absolute Gasteiger partial charge is 0.480 e. The van der Waals surface area contributed by atoms with Crippen molar-refractivity contribution in [2.75, 3.05) is 31.1 Å². The molecule has 29 heavy (non-hydrogen) atoms. The maximum absolute atomic E-state index is 13.0. The van der Waals surface area contributed by atoms with E-state index in [0.717, 1.165) is 15.7 Å². The molecule has 0 bridgehead atoms. The second kappa shape index (κ2) is 7.31. The average molecular weight is 438 g/mol. The molecule has 0 unspecified atom stereocenters. The zero-order valence-electron chi connectivity index (χ0n) is 16.1. The van der Waals surface area contributed by atoms with Gasteiger partial charge in [-0.25, -0.2) is 0 Å². The van der Waals surface area contributed by atoms with Crippen LogP contribution < -0.4 is 9.62 Å². The molecule has 1 aromatic carbocycles. The molecule has 1 saturated heterocycles. The molecule has 0 spiro atoms. The summed E-state index contributed by atoms with van der Waals surface area (Å²) in [6, 6.07) is 9.18. The second-order valence-corrected chi connectivity index (χ2v) is 10.3. The number of benzene rings is 1. The van der Waals surface area contributed by atoms with Crippen LogP contribution in [0.2, 0.25) is 0 Å². The van der Waals surface area contributed by atoms with Crippen molar-refractivity contribution in [2.45, 2.75) is 25.3 Å². The number of hydrogen-bond acceptors (Lipinski definition) is 7. The Morgan fingerprint density at radius 3 is 2.41 bits per heavy atom. The van der Waals surface area contributed by atoms with Crippen molar-refractivity contribution < 1.29 is 18.3 Å². The van der Waals surface area contributed by atoms with E-state index in [-0.39, 0.29) is 19.0 Å². The Hall–Kier alpha value is -2.08. The summed E-state index contributed by atoms with van der Waals surface area (Å²) in [5, 5.41) is 19.6. The standard InChI is InChI=1S/C18H23N5O4S2/c1-12-15(14-6-4-3-5-7-14)18(12,16(24)25)21-29(26,27)23-10-8-22(9-11-23)17-20-19-13(2)28-17/h3-7,12,15,21H,8-11H2,1-2H3,(H,24,25)/t12-,15-,18+/m1/s1. The van der Waals surface area contributed by atoms with E-state index in [4.69, 9.17) is 0 Å². The van der Waals surface area contributed by atoms with Crippen molar-refractivity contribution in [1.29, 1.82) is 0 Å². The highest BCUT2D eigenvalue weighted by molar-refractivity contribution is 7.87. The summed E-state index contributed by atoms with van der Waals surface area (Å²) in [4.78, 5) is 14.1. The van der Waals surface area contributed by atoms with Crippen LogP contribution in [0.25, 0.3) is 0 Å². The van der Waals surface area contributed by atoms with Crippen molar-refractivity contribution in [2.24, 2.45) is 5.92 Å². The Balaban J connectivity index is 1.48. The minimum Gasteiger partial charge on any atom is -0.480 e. The molecule has 11 heteroatoms. The predicted octanol–water partition coefficient (Wildman–Crippen LogP) is 1.06. The van der Waals surface area contributed by atoms with Gasteiger partial charge in [0.15, 0.2) is 0 Å². The quantitative estimate of drug-likeness (QED) is 0.694. The molecule has 156 valence electrons. The summed E-state index contributed by atoms with van der Waals surface area (Å²) in [5.41, 5.74) is -0.699. The van der Waals surface area contributed by atoms with Gasteiger partial charge < -0.3 is 10.0 Å². The summed E-state index contributed by atoms with van der Waals surface area (Å²) >= 11 is 1.47. The van der Waals surface area contributed by atoms with Crippen LogP contribution in [0.15, 0.2) is 30.3 Å². The van der Waals surface area contributed by atoms with Gasteiger partial charge in [0.1, 0.15) is 10.5 Å².